The van der Waals surface area contributed by atoms with Gasteiger partial charge in [0.05, 0.1) is 6.42 Å². The number of nitrogens with zero attached hydrogens (tertiary/aromatic N) is 4. The fraction of sp³-hybridized carbons (Fsp3) is 0.400. The number of tetrazole rings is 1. The molecule has 0 radical (unpaired) electrons. The third kappa shape index (κ3) is 5.67. The van der Waals surface area contributed by atoms with Crippen molar-refractivity contribution in [3.8, 4) is 0 Å². The standard InChI is InChI=1S/C15H20N6O3/c1-2-10-21-13(18-19-20-21)11-24-14(22)8-9-16-15(23)17-12-6-4-3-5-7-12/h3-7H,2,8-11H2,1H3,(H2,16,17,23). The molecule has 2 rings (SSSR count). The molecule has 0 aliphatic carbocycles. The molecule has 0 aliphatic rings. The number of nitrogens with one attached hydrogen (secondary N) is 2. The van der Waals surface area contributed by atoms with Crippen LogP contribution in [0.1, 0.15) is 25.6 Å². The molecule has 0 saturated heterocycles. The number of rotatable bonds is 8. The molecule has 1 heterocycles. The van der Waals surface area contributed by atoms with Crippen molar-refractivity contribution in [2.45, 2.75) is 32.9 Å². The normalized spacial score (nSPS) is 10.2. The van der Waals surface area contributed by atoms with E-state index in [9.17, 15) is 9.59 Å². The lowest BCUT2D eigenvalue weighted by Gasteiger charge is -2.08. The first kappa shape index (κ1) is 17.4. The van der Waals surface area contributed by atoms with Gasteiger partial charge in [-0.05, 0) is 29.0 Å². The van der Waals surface area contributed by atoms with E-state index in [2.05, 4.69) is 26.2 Å². The van der Waals surface area contributed by atoms with E-state index in [1.807, 2.05) is 25.1 Å². The molecule has 2 N–H and O–H groups in total. The van der Waals surface area contributed by atoms with Crippen LogP contribution in [-0.2, 0) is 22.7 Å². The Kier molecular flexibility index (Phi) is 6.69. The summed E-state index contributed by atoms with van der Waals surface area (Å²) < 4.78 is 6.70. The van der Waals surface area contributed by atoms with Crippen molar-refractivity contribution >= 4 is 17.7 Å². The molecule has 9 heteroatoms. The molecule has 9 nitrogen and oxygen atoms in total. The number of hydrogen-bond donors (Lipinski definition) is 2. The Balaban J connectivity index is 1.64. The molecule has 2 aromatic rings. The number of para-hydroxylation sites is 1. The third-order valence-corrected chi connectivity index (χ3v) is 3.05. The molecule has 0 unspecified atom stereocenters. The predicted octanol–water partition coefficient (Wildman–Crippen LogP) is 1.34. The highest BCUT2D eigenvalue weighted by Gasteiger charge is 2.10. The van der Waals surface area contributed by atoms with Crippen LogP contribution < -0.4 is 10.6 Å². The van der Waals surface area contributed by atoms with E-state index in [0.717, 1.165) is 6.42 Å². The van der Waals surface area contributed by atoms with Crippen molar-refractivity contribution in [2.75, 3.05) is 11.9 Å². The SMILES string of the molecule is CCCn1nnnc1COC(=O)CCNC(=O)Nc1ccccc1. The molecule has 0 atom stereocenters. The molecule has 0 fully saturated rings. The minimum Gasteiger partial charge on any atom is -0.457 e. The Morgan fingerprint density at radius 2 is 2.04 bits per heavy atom. The van der Waals surface area contributed by atoms with E-state index in [4.69, 9.17) is 4.74 Å². The number of hydrogen-bond acceptors (Lipinski definition) is 6. The zero-order valence-electron chi connectivity index (χ0n) is 13.4. The number of aromatic nitrogens is 4. The Morgan fingerprint density at radius 1 is 1.25 bits per heavy atom. The van der Waals surface area contributed by atoms with Crippen LogP contribution in [0.2, 0.25) is 0 Å². The number of carbonyl (C=O) groups is 2. The van der Waals surface area contributed by atoms with Gasteiger partial charge in [-0.2, -0.15) is 0 Å². The maximum atomic E-state index is 11.7. The molecule has 128 valence electrons. The van der Waals surface area contributed by atoms with E-state index in [0.29, 0.717) is 18.1 Å². The highest BCUT2D eigenvalue weighted by Crippen LogP contribution is 2.04. The first-order chi connectivity index (χ1) is 11.7. The lowest BCUT2D eigenvalue weighted by Crippen LogP contribution is -2.30. The number of ether oxygens (including phenoxy) is 1. The quantitative estimate of drug-likeness (QED) is 0.706. The van der Waals surface area contributed by atoms with Crippen LogP contribution in [0.3, 0.4) is 0 Å². The van der Waals surface area contributed by atoms with Crippen molar-refractivity contribution in [2.24, 2.45) is 0 Å². The summed E-state index contributed by atoms with van der Waals surface area (Å²) in [5, 5.41) is 16.4. The molecule has 2 amide bonds. The first-order valence-electron chi connectivity index (χ1n) is 7.69. The molecular formula is C15H20N6O3. The first-order valence-corrected chi connectivity index (χ1v) is 7.69. The summed E-state index contributed by atoms with van der Waals surface area (Å²) in [5.41, 5.74) is 0.681. The number of aryl methyl sites for hydroxylation is 1. The maximum absolute atomic E-state index is 11.7. The summed E-state index contributed by atoms with van der Waals surface area (Å²) in [7, 11) is 0. The zero-order valence-corrected chi connectivity index (χ0v) is 13.4. The Bertz CT molecular complexity index is 658. The van der Waals surface area contributed by atoms with Gasteiger partial charge in [-0.1, -0.05) is 25.1 Å². The monoisotopic (exact) mass is 332 g/mol. The highest BCUT2D eigenvalue weighted by molar-refractivity contribution is 5.89. The second-order valence-electron chi connectivity index (χ2n) is 4.98. The van der Waals surface area contributed by atoms with Gasteiger partial charge in [0.1, 0.15) is 0 Å². The van der Waals surface area contributed by atoms with E-state index < -0.39 is 5.97 Å². The van der Waals surface area contributed by atoms with Crippen molar-refractivity contribution in [3.63, 3.8) is 0 Å². The van der Waals surface area contributed by atoms with Crippen molar-refractivity contribution < 1.29 is 14.3 Å². The van der Waals surface area contributed by atoms with Gasteiger partial charge >= 0.3 is 12.0 Å². The molecule has 1 aromatic carbocycles. The highest BCUT2D eigenvalue weighted by atomic mass is 16.5. The van der Waals surface area contributed by atoms with Crippen LogP contribution in [0.4, 0.5) is 10.5 Å². The Morgan fingerprint density at radius 3 is 2.79 bits per heavy atom. The predicted molar refractivity (Wildman–Crippen MR) is 86.0 cm³/mol. The van der Waals surface area contributed by atoms with E-state index >= 15 is 0 Å². The van der Waals surface area contributed by atoms with Gasteiger partial charge in [0, 0.05) is 18.8 Å². The number of amides is 2. The van der Waals surface area contributed by atoms with Crippen molar-refractivity contribution in [3.05, 3.63) is 36.2 Å². The molecule has 1 aromatic heterocycles. The molecule has 0 aliphatic heterocycles. The second-order valence-corrected chi connectivity index (χ2v) is 4.98. The fourth-order valence-corrected chi connectivity index (χ4v) is 1.90. The summed E-state index contributed by atoms with van der Waals surface area (Å²) in [6.45, 7) is 2.87. The van der Waals surface area contributed by atoms with Crippen LogP contribution in [0.15, 0.2) is 30.3 Å². The average molecular weight is 332 g/mol. The summed E-state index contributed by atoms with van der Waals surface area (Å²) in [6.07, 6.45) is 0.948. The van der Waals surface area contributed by atoms with Gasteiger partial charge in [-0.3, -0.25) is 4.79 Å². The third-order valence-electron chi connectivity index (χ3n) is 3.05. The number of benzene rings is 1. The summed E-state index contributed by atoms with van der Waals surface area (Å²) in [4.78, 5) is 23.3. The van der Waals surface area contributed by atoms with Crippen LogP contribution in [0, 0.1) is 0 Å². The van der Waals surface area contributed by atoms with Crippen LogP contribution in [0.25, 0.3) is 0 Å². The van der Waals surface area contributed by atoms with E-state index in [1.54, 1.807) is 16.8 Å². The second kappa shape index (κ2) is 9.23. The van der Waals surface area contributed by atoms with Gasteiger partial charge in [0.2, 0.25) is 0 Å². The zero-order chi connectivity index (χ0) is 17.2. The minimum absolute atomic E-state index is 0.0159. The summed E-state index contributed by atoms with van der Waals surface area (Å²) in [5.74, 6) is 0.0704. The Labute approximate surface area is 139 Å². The molecule has 24 heavy (non-hydrogen) atoms. The Hall–Kier alpha value is -2.97. The number of carbonyl (C=O) groups excluding carboxylic acids is 2. The largest absolute Gasteiger partial charge is 0.457 e. The van der Waals surface area contributed by atoms with E-state index in [1.165, 1.54) is 0 Å². The van der Waals surface area contributed by atoms with E-state index in [-0.39, 0.29) is 25.6 Å². The van der Waals surface area contributed by atoms with Crippen molar-refractivity contribution in [1.29, 1.82) is 0 Å². The van der Waals surface area contributed by atoms with Gasteiger partial charge in [-0.15, -0.1) is 5.10 Å². The fourth-order valence-electron chi connectivity index (χ4n) is 1.90. The smallest absolute Gasteiger partial charge is 0.319 e. The lowest BCUT2D eigenvalue weighted by atomic mass is 10.3. The summed E-state index contributed by atoms with van der Waals surface area (Å²) in [6, 6.07) is 8.66. The average Bonchev–Trinajstić information content (AvgIpc) is 3.01. The molecule has 0 saturated carbocycles. The lowest BCUT2D eigenvalue weighted by molar-refractivity contribution is -0.145. The number of esters is 1. The van der Waals surface area contributed by atoms with Gasteiger partial charge < -0.3 is 15.4 Å². The van der Waals surface area contributed by atoms with Gasteiger partial charge in [0.15, 0.2) is 12.4 Å². The van der Waals surface area contributed by atoms with Crippen LogP contribution in [0.5, 0.6) is 0 Å². The molecule has 0 spiro atoms. The maximum Gasteiger partial charge on any atom is 0.319 e. The summed E-state index contributed by atoms with van der Waals surface area (Å²) >= 11 is 0. The van der Waals surface area contributed by atoms with Crippen LogP contribution in [-0.4, -0.2) is 38.8 Å². The number of urea groups is 1. The van der Waals surface area contributed by atoms with Crippen LogP contribution >= 0.6 is 0 Å². The van der Waals surface area contributed by atoms with Gasteiger partial charge in [-0.25, -0.2) is 9.48 Å². The minimum atomic E-state index is -0.430. The van der Waals surface area contributed by atoms with Crippen molar-refractivity contribution in [1.82, 2.24) is 25.5 Å². The number of anilines is 1. The van der Waals surface area contributed by atoms with Gasteiger partial charge in [0.25, 0.3) is 0 Å². The topological polar surface area (TPSA) is 111 Å². The molecular weight excluding hydrogens is 312 g/mol. The molecule has 0 bridgehead atoms.